The van der Waals surface area contributed by atoms with E-state index in [0.717, 1.165) is 59.3 Å². The Morgan fingerprint density at radius 1 is 1.06 bits per heavy atom. The highest BCUT2D eigenvalue weighted by Gasteiger charge is 2.65. The molecule has 1 spiro atoms. The Labute approximate surface area is 204 Å². The van der Waals surface area contributed by atoms with Gasteiger partial charge < -0.3 is 9.84 Å². The number of hydrogen-bond donors (Lipinski definition) is 1. The summed E-state index contributed by atoms with van der Waals surface area (Å²) in [7, 11) is 0. The van der Waals surface area contributed by atoms with Crippen molar-refractivity contribution in [3.63, 3.8) is 0 Å². The normalized spacial score (nSPS) is 30.4. The van der Waals surface area contributed by atoms with Crippen molar-refractivity contribution in [2.45, 2.75) is 49.7 Å². The second-order valence-corrected chi connectivity index (χ2v) is 11.5. The van der Waals surface area contributed by atoms with Crippen LogP contribution in [0.3, 0.4) is 0 Å². The van der Waals surface area contributed by atoms with Gasteiger partial charge in [-0.3, -0.25) is 9.88 Å². The van der Waals surface area contributed by atoms with Crippen molar-refractivity contribution in [1.82, 2.24) is 9.88 Å². The molecule has 1 N–H and O–H groups in total. The zero-order valence-corrected chi connectivity index (χ0v) is 19.8. The van der Waals surface area contributed by atoms with E-state index >= 15 is 0 Å². The number of benzene rings is 2. The Balaban J connectivity index is 1.29. The molecular weight excluding hydrogens is 444 g/mol. The van der Waals surface area contributed by atoms with Gasteiger partial charge in [-0.2, -0.15) is 0 Å². The lowest BCUT2D eigenvalue weighted by molar-refractivity contribution is -0.0378. The van der Waals surface area contributed by atoms with Crippen LogP contribution in [0.15, 0.2) is 48.7 Å². The highest BCUT2D eigenvalue weighted by Crippen LogP contribution is 2.67. The quantitative estimate of drug-likeness (QED) is 0.534. The zero-order chi connectivity index (χ0) is 22.6. The highest BCUT2D eigenvalue weighted by atomic mass is 35.5. The molecule has 4 nitrogen and oxygen atoms in total. The van der Waals surface area contributed by atoms with Crippen molar-refractivity contribution in [2.75, 3.05) is 13.1 Å². The predicted molar refractivity (Wildman–Crippen MR) is 131 cm³/mol. The smallest absolute Gasteiger partial charge is 0.166 e. The number of likely N-dealkylation sites (tertiary alicyclic amines) is 1. The van der Waals surface area contributed by atoms with E-state index < -0.39 is 0 Å². The van der Waals surface area contributed by atoms with Crippen LogP contribution in [-0.2, 0) is 18.3 Å². The average Bonchev–Trinajstić information content (AvgIpc) is 3.59. The molecule has 5 heteroatoms. The maximum Gasteiger partial charge on any atom is 0.166 e. The predicted octanol–water partition coefficient (Wildman–Crippen LogP) is 5.69. The van der Waals surface area contributed by atoms with Gasteiger partial charge in [0.25, 0.3) is 0 Å². The molecule has 1 saturated carbocycles. The minimum absolute atomic E-state index is 0.0752. The van der Waals surface area contributed by atoms with Gasteiger partial charge in [0, 0.05) is 40.3 Å². The number of hydrogen-bond acceptors (Lipinski definition) is 4. The van der Waals surface area contributed by atoms with Gasteiger partial charge in [0.1, 0.15) is 0 Å². The van der Waals surface area contributed by atoms with E-state index in [1.807, 2.05) is 24.4 Å². The van der Waals surface area contributed by atoms with Gasteiger partial charge >= 0.3 is 0 Å². The van der Waals surface area contributed by atoms with Crippen LogP contribution in [0.2, 0.25) is 5.02 Å². The van der Waals surface area contributed by atoms with Crippen LogP contribution in [0.25, 0.3) is 11.1 Å². The van der Waals surface area contributed by atoms with E-state index in [9.17, 15) is 5.11 Å². The van der Waals surface area contributed by atoms with Crippen molar-refractivity contribution < 1.29 is 9.84 Å². The van der Waals surface area contributed by atoms with Crippen molar-refractivity contribution in [1.29, 1.82) is 0 Å². The Morgan fingerprint density at radius 3 is 2.74 bits per heavy atom. The number of nitrogens with zero attached hydrogens (tertiary/aromatic N) is 2. The molecule has 3 aromatic rings. The number of piperidine rings is 1. The SMILES string of the molecule is Oc1ccc2c3c1O[C@H]1c4ncc(-c5ccc(Cl)cc5)cc4C[C@H]4C(C2)N(CC2CC2)CC[C@]314. The molecule has 5 aliphatic rings. The van der Waals surface area contributed by atoms with Gasteiger partial charge in [-0.25, -0.2) is 0 Å². The van der Waals surface area contributed by atoms with Gasteiger partial charge in [-0.1, -0.05) is 29.8 Å². The first kappa shape index (κ1) is 19.7. The first-order chi connectivity index (χ1) is 16.6. The number of pyridine rings is 1. The van der Waals surface area contributed by atoms with Crippen LogP contribution >= 0.6 is 11.6 Å². The van der Waals surface area contributed by atoms with E-state index in [2.05, 4.69) is 29.2 Å². The van der Waals surface area contributed by atoms with E-state index in [-0.39, 0.29) is 17.3 Å². The topological polar surface area (TPSA) is 45.6 Å². The molecule has 1 unspecified atom stereocenters. The summed E-state index contributed by atoms with van der Waals surface area (Å²) >= 11 is 6.13. The molecule has 2 fully saturated rings. The summed E-state index contributed by atoms with van der Waals surface area (Å²) in [5.41, 5.74) is 7.21. The van der Waals surface area contributed by atoms with E-state index in [4.69, 9.17) is 21.3 Å². The Hall–Kier alpha value is -2.56. The summed E-state index contributed by atoms with van der Waals surface area (Å²) in [4.78, 5) is 7.82. The van der Waals surface area contributed by atoms with E-state index in [0.29, 0.717) is 12.0 Å². The molecule has 8 rings (SSSR count). The van der Waals surface area contributed by atoms with Crippen molar-refractivity contribution >= 4 is 11.6 Å². The molecule has 3 heterocycles. The van der Waals surface area contributed by atoms with Crippen LogP contribution in [0.5, 0.6) is 11.5 Å². The standard InChI is InChI=1S/C29H27ClN2O2/c30-21-6-3-17(4-7-21)20-11-19-12-22-23-13-18-5-8-24(33)27-25(18)29(22,28(34-27)26(19)31-14-20)9-10-32(23)15-16-1-2-16/h3-8,11,14,16,22-23,28,33H,1-2,9-10,12-13,15H2/t22-,23?,28-,29-/m0/s1. The van der Waals surface area contributed by atoms with Gasteiger partial charge in [-0.05, 0) is 91.4 Å². The maximum absolute atomic E-state index is 10.8. The molecule has 4 atom stereocenters. The molecule has 2 aromatic carbocycles. The third-order valence-corrected chi connectivity index (χ3v) is 9.54. The largest absolute Gasteiger partial charge is 0.504 e. The monoisotopic (exact) mass is 470 g/mol. The molecule has 1 saturated heterocycles. The number of aromatic nitrogens is 1. The molecule has 0 amide bonds. The van der Waals surface area contributed by atoms with Crippen LogP contribution in [0.1, 0.15) is 47.8 Å². The minimum atomic E-state index is -0.117. The van der Waals surface area contributed by atoms with E-state index in [1.54, 1.807) is 0 Å². The highest BCUT2D eigenvalue weighted by molar-refractivity contribution is 6.30. The number of fused-ring (bicyclic) bond motifs is 2. The first-order valence-electron chi connectivity index (χ1n) is 12.6. The van der Waals surface area contributed by atoms with Crippen LogP contribution < -0.4 is 4.74 Å². The molecule has 2 aliphatic heterocycles. The van der Waals surface area contributed by atoms with Gasteiger partial charge in [-0.15, -0.1) is 0 Å². The summed E-state index contributed by atoms with van der Waals surface area (Å²) in [5, 5.41) is 11.5. The fraction of sp³-hybridized carbons (Fsp3) is 0.414. The zero-order valence-electron chi connectivity index (χ0n) is 19.0. The molecular formula is C29H27ClN2O2. The van der Waals surface area contributed by atoms with Crippen LogP contribution in [0.4, 0.5) is 0 Å². The minimum Gasteiger partial charge on any atom is -0.504 e. The molecule has 34 heavy (non-hydrogen) atoms. The number of phenolic OH excluding ortho intramolecular Hbond substituents is 1. The fourth-order valence-corrected chi connectivity index (χ4v) is 7.74. The van der Waals surface area contributed by atoms with Crippen LogP contribution in [0, 0.1) is 11.8 Å². The fourth-order valence-electron chi connectivity index (χ4n) is 7.61. The number of halogens is 1. The summed E-state index contributed by atoms with van der Waals surface area (Å²) in [6, 6.07) is 14.8. The number of phenols is 1. The molecule has 1 aromatic heterocycles. The maximum atomic E-state index is 10.8. The van der Waals surface area contributed by atoms with Crippen molar-refractivity contribution in [2.24, 2.45) is 11.8 Å². The third kappa shape index (κ3) is 2.56. The summed E-state index contributed by atoms with van der Waals surface area (Å²) < 4.78 is 6.68. The van der Waals surface area contributed by atoms with Crippen molar-refractivity contribution in [3.8, 4) is 22.6 Å². The lowest BCUT2D eigenvalue weighted by atomic mass is 9.51. The first-order valence-corrected chi connectivity index (χ1v) is 13.0. The molecule has 2 bridgehead atoms. The van der Waals surface area contributed by atoms with Gasteiger partial charge in [0.05, 0.1) is 5.69 Å². The lowest BCUT2D eigenvalue weighted by Gasteiger charge is -2.58. The summed E-state index contributed by atoms with van der Waals surface area (Å²) in [5.74, 6) is 2.36. The lowest BCUT2D eigenvalue weighted by Crippen LogP contribution is -2.63. The number of aromatic hydroxyl groups is 1. The number of rotatable bonds is 3. The second-order valence-electron chi connectivity index (χ2n) is 11.0. The average molecular weight is 471 g/mol. The third-order valence-electron chi connectivity index (χ3n) is 9.29. The second kappa shape index (κ2) is 6.77. The van der Waals surface area contributed by atoms with Gasteiger partial charge in [0.2, 0.25) is 0 Å². The molecule has 172 valence electrons. The molecule has 3 aliphatic carbocycles. The Bertz CT molecular complexity index is 1330. The molecule has 0 radical (unpaired) electrons. The summed E-state index contributed by atoms with van der Waals surface area (Å²) in [6.45, 7) is 2.35. The summed E-state index contributed by atoms with van der Waals surface area (Å²) in [6.07, 6.45) is 7.78. The Morgan fingerprint density at radius 2 is 1.91 bits per heavy atom. The van der Waals surface area contributed by atoms with Crippen LogP contribution in [-0.4, -0.2) is 34.1 Å². The van der Waals surface area contributed by atoms with E-state index in [1.165, 1.54) is 36.1 Å². The van der Waals surface area contributed by atoms with Gasteiger partial charge in [0.15, 0.2) is 17.6 Å². The number of ether oxygens (including phenoxy) is 1. The van der Waals surface area contributed by atoms with Crippen molar-refractivity contribution in [3.05, 3.63) is 76.1 Å². The Kier molecular flexibility index (Phi) is 3.92.